The normalized spacial score (nSPS) is 12.6. The molecule has 0 spiro atoms. The standard InChI is InChI=1S/C76H147NO5/c1-3-5-7-9-11-13-15-17-19-21-33-37-40-44-48-52-56-60-64-68-74(79)73(72-78)77-75(80)69-65-61-57-53-49-45-41-38-34-31-29-27-25-23-22-24-26-28-30-32-35-39-43-47-51-55-59-63-67-71-82-76(81)70-66-62-58-54-50-46-42-36-20-18-16-14-12-10-8-6-4-2/h22,24,28,30,73-74,78-79H,3-21,23,25-27,29,31-72H2,1-2H3,(H,77,80)/b24-22-,30-28-. The van der Waals surface area contributed by atoms with E-state index in [0.717, 1.165) is 44.9 Å². The highest BCUT2D eigenvalue weighted by Crippen LogP contribution is 2.19. The largest absolute Gasteiger partial charge is 0.466 e. The fraction of sp³-hybridized carbons (Fsp3) is 0.921. The summed E-state index contributed by atoms with van der Waals surface area (Å²) in [5, 5.41) is 23.4. The van der Waals surface area contributed by atoms with E-state index in [-0.39, 0.29) is 18.5 Å². The van der Waals surface area contributed by atoms with Crippen LogP contribution >= 0.6 is 0 Å². The average molecular weight is 1160 g/mol. The van der Waals surface area contributed by atoms with Gasteiger partial charge in [0.25, 0.3) is 0 Å². The Balaban J connectivity index is 3.39. The lowest BCUT2D eigenvalue weighted by atomic mass is 10.0. The lowest BCUT2D eigenvalue weighted by molar-refractivity contribution is -0.143. The van der Waals surface area contributed by atoms with Gasteiger partial charge in [0, 0.05) is 12.8 Å². The predicted octanol–water partition coefficient (Wildman–Crippen LogP) is 24.5. The third-order valence-electron chi connectivity index (χ3n) is 17.8. The molecule has 0 aromatic rings. The molecule has 2 unspecified atom stereocenters. The molecule has 1 amide bonds. The van der Waals surface area contributed by atoms with Crippen molar-refractivity contribution in [1.29, 1.82) is 0 Å². The summed E-state index contributed by atoms with van der Waals surface area (Å²) in [4.78, 5) is 24.6. The summed E-state index contributed by atoms with van der Waals surface area (Å²) in [7, 11) is 0. The number of carbonyl (C=O) groups is 2. The smallest absolute Gasteiger partial charge is 0.305 e. The maximum Gasteiger partial charge on any atom is 0.305 e. The molecular weight excluding hydrogens is 1010 g/mol. The highest BCUT2D eigenvalue weighted by molar-refractivity contribution is 5.76. The van der Waals surface area contributed by atoms with Crippen LogP contribution in [0.3, 0.4) is 0 Å². The van der Waals surface area contributed by atoms with E-state index in [1.54, 1.807) is 0 Å². The Labute approximate surface area is 513 Å². The van der Waals surface area contributed by atoms with Gasteiger partial charge in [-0.3, -0.25) is 9.59 Å². The van der Waals surface area contributed by atoms with E-state index in [1.807, 2.05) is 0 Å². The molecule has 0 saturated carbocycles. The number of rotatable bonds is 71. The molecule has 0 fully saturated rings. The van der Waals surface area contributed by atoms with Crippen LogP contribution in [0.1, 0.15) is 425 Å². The van der Waals surface area contributed by atoms with Gasteiger partial charge in [0.2, 0.25) is 5.91 Å². The number of ether oxygens (including phenoxy) is 1. The van der Waals surface area contributed by atoms with Crippen molar-refractivity contribution in [2.75, 3.05) is 13.2 Å². The van der Waals surface area contributed by atoms with Crippen molar-refractivity contribution >= 4 is 11.9 Å². The van der Waals surface area contributed by atoms with Crippen LogP contribution in [0.5, 0.6) is 0 Å². The molecule has 0 saturated heterocycles. The summed E-state index contributed by atoms with van der Waals surface area (Å²) in [6.07, 6.45) is 91.0. The summed E-state index contributed by atoms with van der Waals surface area (Å²) >= 11 is 0. The number of allylic oxidation sites excluding steroid dienone is 4. The first-order valence-electron chi connectivity index (χ1n) is 37.6. The number of unbranched alkanes of at least 4 members (excludes halogenated alkanes) is 56. The van der Waals surface area contributed by atoms with Crippen molar-refractivity contribution in [3.8, 4) is 0 Å². The molecule has 0 bridgehead atoms. The van der Waals surface area contributed by atoms with Gasteiger partial charge in [-0.2, -0.15) is 0 Å². The van der Waals surface area contributed by atoms with E-state index in [2.05, 4.69) is 43.5 Å². The monoisotopic (exact) mass is 1150 g/mol. The van der Waals surface area contributed by atoms with Gasteiger partial charge < -0.3 is 20.3 Å². The molecule has 0 aromatic heterocycles. The minimum Gasteiger partial charge on any atom is -0.466 e. The minimum absolute atomic E-state index is 0.0169. The Hall–Kier alpha value is -1.66. The van der Waals surface area contributed by atoms with Crippen molar-refractivity contribution in [3.05, 3.63) is 24.3 Å². The van der Waals surface area contributed by atoms with Crippen LogP contribution in [0.2, 0.25) is 0 Å². The van der Waals surface area contributed by atoms with E-state index in [0.29, 0.717) is 25.9 Å². The summed E-state index contributed by atoms with van der Waals surface area (Å²) in [6.45, 7) is 5.00. The molecular formula is C76H147NO5. The summed E-state index contributed by atoms with van der Waals surface area (Å²) in [5.41, 5.74) is 0. The summed E-state index contributed by atoms with van der Waals surface area (Å²) in [5.74, 6) is -0.0147. The van der Waals surface area contributed by atoms with Crippen molar-refractivity contribution < 1.29 is 24.5 Å². The number of esters is 1. The first-order valence-corrected chi connectivity index (χ1v) is 37.6. The van der Waals surface area contributed by atoms with Gasteiger partial charge in [-0.15, -0.1) is 0 Å². The first-order chi connectivity index (χ1) is 40.5. The van der Waals surface area contributed by atoms with Gasteiger partial charge in [-0.05, 0) is 57.8 Å². The Morgan fingerprint density at radius 2 is 0.610 bits per heavy atom. The maximum atomic E-state index is 12.5. The molecule has 6 heteroatoms. The van der Waals surface area contributed by atoms with Gasteiger partial charge in [-0.1, -0.05) is 378 Å². The Kier molecular flexibility index (Phi) is 70.4. The number of carbonyl (C=O) groups excluding carboxylic acids is 2. The molecule has 82 heavy (non-hydrogen) atoms. The Bertz CT molecular complexity index is 1280. The van der Waals surface area contributed by atoms with Crippen LogP contribution < -0.4 is 5.32 Å². The molecule has 0 heterocycles. The second kappa shape index (κ2) is 71.8. The van der Waals surface area contributed by atoms with Crippen LogP contribution in [-0.2, 0) is 14.3 Å². The van der Waals surface area contributed by atoms with Crippen molar-refractivity contribution in [2.24, 2.45) is 0 Å². The second-order valence-corrected chi connectivity index (χ2v) is 26.0. The van der Waals surface area contributed by atoms with E-state index in [1.165, 1.54) is 347 Å². The van der Waals surface area contributed by atoms with Gasteiger partial charge >= 0.3 is 5.97 Å². The molecule has 3 N–H and O–H groups in total. The van der Waals surface area contributed by atoms with E-state index < -0.39 is 12.1 Å². The summed E-state index contributed by atoms with van der Waals surface area (Å²) in [6, 6.07) is -0.543. The van der Waals surface area contributed by atoms with Crippen molar-refractivity contribution in [2.45, 2.75) is 437 Å². The van der Waals surface area contributed by atoms with Crippen molar-refractivity contribution in [1.82, 2.24) is 5.32 Å². The van der Waals surface area contributed by atoms with Crippen molar-refractivity contribution in [3.63, 3.8) is 0 Å². The molecule has 486 valence electrons. The molecule has 0 aliphatic rings. The van der Waals surface area contributed by atoms with E-state index in [4.69, 9.17) is 4.74 Å². The number of hydrogen-bond donors (Lipinski definition) is 3. The second-order valence-electron chi connectivity index (χ2n) is 26.0. The maximum absolute atomic E-state index is 12.5. The van der Waals surface area contributed by atoms with Gasteiger partial charge in [0.05, 0.1) is 25.4 Å². The highest BCUT2D eigenvalue weighted by atomic mass is 16.5. The number of hydrogen-bond acceptors (Lipinski definition) is 5. The fourth-order valence-electron chi connectivity index (χ4n) is 12.0. The van der Waals surface area contributed by atoms with Crippen LogP contribution in [0.25, 0.3) is 0 Å². The SMILES string of the molecule is CCCCCCCCCCCCCCCCCCCCCC(O)C(CO)NC(=O)CCCCCCCCCCCCCCC/C=C\C/C=C\CCCCCCCCCCCOC(=O)CCCCCCCCCCCCCCCCCCC. The molecule has 0 radical (unpaired) electrons. The number of aliphatic hydroxyl groups excluding tert-OH is 2. The molecule has 0 rings (SSSR count). The molecule has 6 nitrogen and oxygen atoms in total. The average Bonchev–Trinajstić information content (AvgIpc) is 3.48. The predicted molar refractivity (Wildman–Crippen MR) is 361 cm³/mol. The van der Waals surface area contributed by atoms with Crippen LogP contribution in [0.15, 0.2) is 24.3 Å². The fourth-order valence-corrected chi connectivity index (χ4v) is 12.0. The van der Waals surface area contributed by atoms with Crippen LogP contribution in [-0.4, -0.2) is 47.4 Å². The minimum atomic E-state index is -0.666. The lowest BCUT2D eigenvalue weighted by Gasteiger charge is -2.22. The molecule has 0 aromatic carbocycles. The lowest BCUT2D eigenvalue weighted by Crippen LogP contribution is -2.45. The number of nitrogens with one attached hydrogen (secondary N) is 1. The zero-order valence-electron chi connectivity index (χ0n) is 55.8. The zero-order chi connectivity index (χ0) is 59.2. The molecule has 0 aliphatic carbocycles. The quantitative estimate of drug-likeness (QED) is 0.0320. The first kappa shape index (κ1) is 80.3. The topological polar surface area (TPSA) is 95.9 Å². The van der Waals surface area contributed by atoms with Gasteiger partial charge in [0.1, 0.15) is 0 Å². The summed E-state index contributed by atoms with van der Waals surface area (Å²) < 4.78 is 5.51. The molecule has 0 aliphatic heterocycles. The Morgan fingerprint density at radius 1 is 0.341 bits per heavy atom. The third-order valence-corrected chi connectivity index (χ3v) is 17.8. The highest BCUT2D eigenvalue weighted by Gasteiger charge is 2.20. The number of aliphatic hydroxyl groups is 2. The Morgan fingerprint density at radius 3 is 0.927 bits per heavy atom. The number of amides is 1. The van der Waals surface area contributed by atoms with Gasteiger partial charge in [-0.25, -0.2) is 0 Å². The van der Waals surface area contributed by atoms with E-state index in [9.17, 15) is 19.8 Å². The van der Waals surface area contributed by atoms with Crippen LogP contribution in [0.4, 0.5) is 0 Å². The third kappa shape index (κ3) is 67.5. The molecule has 2 atom stereocenters. The van der Waals surface area contributed by atoms with E-state index >= 15 is 0 Å². The van der Waals surface area contributed by atoms with Crippen LogP contribution in [0, 0.1) is 0 Å². The zero-order valence-corrected chi connectivity index (χ0v) is 55.8. The van der Waals surface area contributed by atoms with Gasteiger partial charge in [0.15, 0.2) is 0 Å².